The van der Waals surface area contributed by atoms with Crippen molar-refractivity contribution in [2.75, 3.05) is 26.2 Å². The molecule has 4 nitrogen and oxygen atoms in total. The molecule has 1 amide bonds. The Labute approximate surface area is 117 Å². The second kappa shape index (κ2) is 9.95. The van der Waals surface area contributed by atoms with E-state index < -0.39 is 0 Å². The van der Waals surface area contributed by atoms with Gasteiger partial charge in [0.1, 0.15) is 0 Å². The maximum atomic E-state index is 11.1. The number of nitrogens with zero attached hydrogens (tertiary/aromatic N) is 1. The predicted molar refractivity (Wildman–Crippen MR) is 76.0 cm³/mol. The molecule has 0 unspecified atom stereocenters. The van der Waals surface area contributed by atoms with Crippen LogP contribution in [0.4, 0.5) is 0 Å². The van der Waals surface area contributed by atoms with Gasteiger partial charge in [-0.3, -0.25) is 4.79 Å². The normalized spacial score (nSPS) is 17.2. The standard InChI is InChI=1S/C11H23N3O.2ClH/c1-9(2)8-14-5-3-10(4-6-14)13-11(15)7-12;;/h9-10H,3-8,12H2,1-2H3,(H,13,15);2*1H. The number of carbonyl (C=O) groups excluding carboxylic acids is 1. The molecule has 17 heavy (non-hydrogen) atoms. The number of hydrogen-bond donors (Lipinski definition) is 2. The number of rotatable bonds is 4. The summed E-state index contributed by atoms with van der Waals surface area (Å²) in [5, 5.41) is 2.95. The van der Waals surface area contributed by atoms with Crippen LogP contribution in [0.15, 0.2) is 0 Å². The van der Waals surface area contributed by atoms with Crippen molar-refractivity contribution in [3.63, 3.8) is 0 Å². The van der Waals surface area contributed by atoms with Crippen molar-refractivity contribution in [3.05, 3.63) is 0 Å². The third kappa shape index (κ3) is 7.82. The van der Waals surface area contributed by atoms with Crippen molar-refractivity contribution >= 4 is 30.7 Å². The maximum absolute atomic E-state index is 11.1. The predicted octanol–water partition coefficient (Wildman–Crippen LogP) is 1.03. The number of carbonyl (C=O) groups is 1. The molecule has 1 rings (SSSR count). The van der Waals surface area contributed by atoms with Crippen molar-refractivity contribution in [1.29, 1.82) is 0 Å². The highest BCUT2D eigenvalue weighted by molar-refractivity contribution is 5.85. The third-order valence-electron chi connectivity index (χ3n) is 2.76. The van der Waals surface area contributed by atoms with E-state index in [9.17, 15) is 4.79 Å². The van der Waals surface area contributed by atoms with Gasteiger partial charge in [-0.15, -0.1) is 24.8 Å². The van der Waals surface area contributed by atoms with Gasteiger partial charge in [0, 0.05) is 25.7 Å². The average Bonchev–Trinajstić information content (AvgIpc) is 2.20. The van der Waals surface area contributed by atoms with Crippen LogP contribution in [0, 0.1) is 5.92 Å². The number of nitrogens with one attached hydrogen (secondary N) is 1. The highest BCUT2D eigenvalue weighted by atomic mass is 35.5. The van der Waals surface area contributed by atoms with E-state index in [2.05, 4.69) is 24.1 Å². The quantitative estimate of drug-likeness (QED) is 0.811. The minimum absolute atomic E-state index is 0. The summed E-state index contributed by atoms with van der Waals surface area (Å²) in [5.41, 5.74) is 5.26. The number of piperidine rings is 1. The van der Waals surface area contributed by atoms with E-state index in [0.717, 1.165) is 38.4 Å². The Hall–Kier alpha value is -0.0300. The van der Waals surface area contributed by atoms with Gasteiger partial charge in [0.15, 0.2) is 0 Å². The van der Waals surface area contributed by atoms with Crippen LogP contribution in [0.3, 0.4) is 0 Å². The van der Waals surface area contributed by atoms with Gasteiger partial charge in [0.2, 0.25) is 5.91 Å². The van der Waals surface area contributed by atoms with E-state index in [1.54, 1.807) is 0 Å². The Kier molecular flexibility index (Phi) is 11.3. The van der Waals surface area contributed by atoms with Gasteiger partial charge in [-0.2, -0.15) is 0 Å². The van der Waals surface area contributed by atoms with E-state index >= 15 is 0 Å². The zero-order valence-corrected chi connectivity index (χ0v) is 12.3. The summed E-state index contributed by atoms with van der Waals surface area (Å²) in [5.74, 6) is 0.692. The molecule has 0 bridgehead atoms. The van der Waals surface area contributed by atoms with E-state index in [0.29, 0.717) is 6.04 Å². The molecule has 104 valence electrons. The van der Waals surface area contributed by atoms with Gasteiger partial charge in [0.25, 0.3) is 0 Å². The van der Waals surface area contributed by atoms with Crippen molar-refractivity contribution < 1.29 is 4.79 Å². The van der Waals surface area contributed by atoms with Crippen LogP contribution >= 0.6 is 24.8 Å². The van der Waals surface area contributed by atoms with Crippen LogP contribution < -0.4 is 11.1 Å². The van der Waals surface area contributed by atoms with Gasteiger partial charge in [-0.05, 0) is 18.8 Å². The van der Waals surface area contributed by atoms with E-state index in [4.69, 9.17) is 5.73 Å². The van der Waals surface area contributed by atoms with Crippen LogP contribution in [0.25, 0.3) is 0 Å². The van der Waals surface area contributed by atoms with Crippen molar-refractivity contribution in [3.8, 4) is 0 Å². The minimum Gasteiger partial charge on any atom is -0.352 e. The topological polar surface area (TPSA) is 58.4 Å². The van der Waals surface area contributed by atoms with Gasteiger partial charge in [0.05, 0.1) is 6.54 Å². The number of hydrogen-bond acceptors (Lipinski definition) is 3. The number of nitrogens with two attached hydrogens (primary N) is 1. The first kappa shape index (κ1) is 19.3. The SMILES string of the molecule is CC(C)CN1CCC(NC(=O)CN)CC1.Cl.Cl. The molecule has 0 spiro atoms. The molecular formula is C11H25Cl2N3O. The molecule has 0 atom stereocenters. The zero-order valence-electron chi connectivity index (χ0n) is 10.6. The second-order valence-corrected chi connectivity index (χ2v) is 4.74. The minimum atomic E-state index is -0.0303. The lowest BCUT2D eigenvalue weighted by Crippen LogP contribution is -2.46. The fourth-order valence-corrected chi connectivity index (χ4v) is 2.06. The zero-order chi connectivity index (χ0) is 11.3. The molecule has 0 aromatic carbocycles. The number of likely N-dealkylation sites (tertiary alicyclic amines) is 1. The van der Waals surface area contributed by atoms with Crippen molar-refractivity contribution in [1.82, 2.24) is 10.2 Å². The summed E-state index contributed by atoms with van der Waals surface area (Å²) < 4.78 is 0. The number of halogens is 2. The third-order valence-corrected chi connectivity index (χ3v) is 2.76. The van der Waals surface area contributed by atoms with Gasteiger partial charge < -0.3 is 16.0 Å². The fourth-order valence-electron chi connectivity index (χ4n) is 2.06. The highest BCUT2D eigenvalue weighted by Crippen LogP contribution is 2.11. The van der Waals surface area contributed by atoms with Crippen LogP contribution in [0.5, 0.6) is 0 Å². The molecule has 6 heteroatoms. The van der Waals surface area contributed by atoms with Crippen LogP contribution in [0.1, 0.15) is 26.7 Å². The summed E-state index contributed by atoms with van der Waals surface area (Å²) >= 11 is 0. The Morgan fingerprint density at radius 3 is 2.29 bits per heavy atom. The van der Waals surface area contributed by atoms with Crippen LogP contribution in [-0.2, 0) is 4.79 Å². The van der Waals surface area contributed by atoms with E-state index in [1.165, 1.54) is 0 Å². The van der Waals surface area contributed by atoms with E-state index in [-0.39, 0.29) is 37.3 Å². The molecule has 0 saturated carbocycles. The largest absolute Gasteiger partial charge is 0.352 e. The summed E-state index contributed by atoms with van der Waals surface area (Å²) in [6.45, 7) is 7.93. The lowest BCUT2D eigenvalue weighted by Gasteiger charge is -2.33. The molecule has 1 saturated heterocycles. The Morgan fingerprint density at radius 1 is 1.35 bits per heavy atom. The molecule has 1 fully saturated rings. The maximum Gasteiger partial charge on any atom is 0.233 e. The van der Waals surface area contributed by atoms with Crippen LogP contribution in [-0.4, -0.2) is 43.0 Å². The van der Waals surface area contributed by atoms with Crippen molar-refractivity contribution in [2.45, 2.75) is 32.7 Å². The molecular weight excluding hydrogens is 261 g/mol. The lowest BCUT2D eigenvalue weighted by atomic mass is 10.0. The molecule has 0 aromatic heterocycles. The van der Waals surface area contributed by atoms with Gasteiger partial charge in [-0.1, -0.05) is 13.8 Å². The molecule has 0 aromatic rings. The summed E-state index contributed by atoms with van der Waals surface area (Å²) in [7, 11) is 0. The first-order valence-corrected chi connectivity index (χ1v) is 5.83. The second-order valence-electron chi connectivity index (χ2n) is 4.74. The molecule has 1 aliphatic rings. The smallest absolute Gasteiger partial charge is 0.233 e. The molecule has 0 aliphatic carbocycles. The van der Waals surface area contributed by atoms with E-state index in [1.807, 2.05) is 0 Å². The highest BCUT2D eigenvalue weighted by Gasteiger charge is 2.20. The first-order chi connectivity index (χ1) is 7.11. The average molecular weight is 286 g/mol. The Bertz CT molecular complexity index is 207. The van der Waals surface area contributed by atoms with Gasteiger partial charge >= 0.3 is 0 Å². The summed E-state index contributed by atoms with van der Waals surface area (Å²) in [6.07, 6.45) is 2.11. The Balaban J connectivity index is 0. The Morgan fingerprint density at radius 2 is 1.88 bits per heavy atom. The molecule has 0 radical (unpaired) electrons. The molecule has 3 N–H and O–H groups in total. The summed E-state index contributed by atoms with van der Waals surface area (Å²) in [6, 6.07) is 0.337. The lowest BCUT2D eigenvalue weighted by molar-refractivity contribution is -0.120. The monoisotopic (exact) mass is 285 g/mol. The number of amides is 1. The van der Waals surface area contributed by atoms with Crippen LogP contribution in [0.2, 0.25) is 0 Å². The first-order valence-electron chi connectivity index (χ1n) is 5.83. The van der Waals surface area contributed by atoms with Gasteiger partial charge in [-0.25, -0.2) is 0 Å². The summed E-state index contributed by atoms with van der Waals surface area (Å²) in [4.78, 5) is 13.6. The molecule has 1 aliphatic heterocycles. The molecule has 1 heterocycles. The fraction of sp³-hybridized carbons (Fsp3) is 0.909. The van der Waals surface area contributed by atoms with Crippen molar-refractivity contribution in [2.24, 2.45) is 11.7 Å².